The Labute approximate surface area is 92.6 Å². The molecule has 0 aliphatic rings. The van der Waals surface area contributed by atoms with Crippen molar-refractivity contribution in [3.05, 3.63) is 28.9 Å². The van der Waals surface area contributed by atoms with E-state index < -0.39 is 0 Å². The number of rotatable bonds is 2. The fraction of sp³-hybridized carbons (Fsp3) is 0.182. The van der Waals surface area contributed by atoms with Crippen LogP contribution in [0.4, 0.5) is 0 Å². The van der Waals surface area contributed by atoms with Crippen molar-refractivity contribution in [2.24, 2.45) is 0 Å². The van der Waals surface area contributed by atoms with Gasteiger partial charge >= 0.3 is 0 Å². The van der Waals surface area contributed by atoms with Gasteiger partial charge in [-0.25, -0.2) is 0 Å². The second-order valence-corrected chi connectivity index (χ2v) is 3.50. The molecule has 2 aromatic rings. The third kappa shape index (κ3) is 1.57. The number of nitrogens with one attached hydrogen (secondary N) is 1. The molecule has 3 nitrogen and oxygen atoms in total. The Morgan fingerprint density at radius 1 is 1.07 bits per heavy atom. The molecule has 0 bridgehead atoms. The van der Waals surface area contributed by atoms with Crippen LogP contribution < -0.4 is 9.47 Å². The van der Waals surface area contributed by atoms with Crippen molar-refractivity contribution < 1.29 is 9.47 Å². The zero-order chi connectivity index (χ0) is 10.8. The first-order valence-corrected chi connectivity index (χ1v) is 4.91. The van der Waals surface area contributed by atoms with E-state index in [2.05, 4.69) is 4.98 Å². The lowest BCUT2D eigenvalue weighted by atomic mass is 10.2. The molecule has 0 aliphatic heterocycles. The third-order valence-electron chi connectivity index (χ3n) is 2.28. The number of fused-ring (bicyclic) bond motifs is 1. The van der Waals surface area contributed by atoms with Crippen molar-refractivity contribution in [3.63, 3.8) is 0 Å². The van der Waals surface area contributed by atoms with Gasteiger partial charge in [0.2, 0.25) is 0 Å². The SMILES string of the molecule is COc1ccc(OC)c2c(=S)cc[nH]c12. The maximum absolute atomic E-state index is 5.27. The first kappa shape index (κ1) is 9.98. The van der Waals surface area contributed by atoms with Crippen molar-refractivity contribution in [1.82, 2.24) is 4.98 Å². The van der Waals surface area contributed by atoms with Gasteiger partial charge in [0.1, 0.15) is 11.5 Å². The number of H-pyrrole nitrogens is 1. The monoisotopic (exact) mass is 221 g/mol. The van der Waals surface area contributed by atoms with Crippen molar-refractivity contribution in [2.45, 2.75) is 0 Å². The molecule has 0 saturated carbocycles. The Morgan fingerprint density at radius 2 is 1.73 bits per heavy atom. The summed E-state index contributed by atoms with van der Waals surface area (Å²) in [6, 6.07) is 5.54. The lowest BCUT2D eigenvalue weighted by Gasteiger charge is -2.09. The van der Waals surface area contributed by atoms with Crippen LogP contribution in [-0.4, -0.2) is 19.2 Å². The summed E-state index contributed by atoms with van der Waals surface area (Å²) < 4.78 is 11.3. The molecular formula is C11H11NO2S. The zero-order valence-corrected chi connectivity index (χ0v) is 9.35. The quantitative estimate of drug-likeness (QED) is 0.792. The van der Waals surface area contributed by atoms with E-state index in [1.807, 2.05) is 18.2 Å². The number of benzene rings is 1. The van der Waals surface area contributed by atoms with E-state index in [0.29, 0.717) is 0 Å². The van der Waals surface area contributed by atoms with Crippen LogP contribution in [0.2, 0.25) is 0 Å². The van der Waals surface area contributed by atoms with Crippen molar-refractivity contribution in [2.75, 3.05) is 14.2 Å². The fourth-order valence-corrected chi connectivity index (χ4v) is 1.85. The largest absolute Gasteiger partial charge is 0.496 e. The maximum Gasteiger partial charge on any atom is 0.143 e. The van der Waals surface area contributed by atoms with Crippen molar-refractivity contribution in [3.8, 4) is 11.5 Å². The Hall–Kier alpha value is -1.55. The van der Waals surface area contributed by atoms with Gasteiger partial charge in [-0.15, -0.1) is 0 Å². The van der Waals surface area contributed by atoms with Crippen LogP contribution in [0, 0.1) is 4.51 Å². The standard InChI is InChI=1S/C11H11NO2S/c1-13-7-3-4-8(14-2)11-10(7)9(15)5-6-12-11/h3-6H,1-2H3,(H,12,15). The molecule has 1 N–H and O–H groups in total. The highest BCUT2D eigenvalue weighted by Gasteiger charge is 2.07. The molecule has 0 atom stereocenters. The van der Waals surface area contributed by atoms with Gasteiger partial charge in [0, 0.05) is 6.20 Å². The molecule has 0 aliphatic carbocycles. The topological polar surface area (TPSA) is 34.2 Å². The third-order valence-corrected chi connectivity index (χ3v) is 2.62. The molecule has 0 saturated heterocycles. The minimum atomic E-state index is 0.750. The van der Waals surface area contributed by atoms with Gasteiger partial charge in [0.25, 0.3) is 0 Å². The van der Waals surface area contributed by atoms with Crippen molar-refractivity contribution in [1.29, 1.82) is 0 Å². The average Bonchev–Trinajstić information content (AvgIpc) is 2.28. The van der Waals surface area contributed by atoms with E-state index in [0.717, 1.165) is 26.9 Å². The summed E-state index contributed by atoms with van der Waals surface area (Å²) in [5, 5.41) is 0.884. The van der Waals surface area contributed by atoms with Gasteiger partial charge < -0.3 is 14.5 Å². The molecule has 1 aromatic carbocycles. The van der Waals surface area contributed by atoms with Crippen molar-refractivity contribution >= 4 is 23.1 Å². The molecule has 78 valence electrons. The van der Waals surface area contributed by atoms with Gasteiger partial charge in [0.05, 0.1) is 29.6 Å². The highest BCUT2D eigenvalue weighted by atomic mass is 32.1. The lowest BCUT2D eigenvalue weighted by molar-refractivity contribution is 0.409. The molecular weight excluding hydrogens is 210 g/mol. The first-order valence-electron chi connectivity index (χ1n) is 4.50. The zero-order valence-electron chi connectivity index (χ0n) is 8.53. The minimum absolute atomic E-state index is 0.750. The Balaban J connectivity index is 2.93. The van der Waals surface area contributed by atoms with E-state index in [1.165, 1.54) is 0 Å². The Morgan fingerprint density at radius 3 is 2.40 bits per heavy atom. The normalized spacial score (nSPS) is 10.3. The fourth-order valence-electron chi connectivity index (χ4n) is 1.58. The number of hydrogen-bond acceptors (Lipinski definition) is 3. The van der Waals surface area contributed by atoms with E-state index in [9.17, 15) is 0 Å². The predicted molar refractivity (Wildman–Crippen MR) is 62.2 cm³/mol. The van der Waals surface area contributed by atoms with Gasteiger partial charge in [0.15, 0.2) is 0 Å². The molecule has 0 fully saturated rings. The second kappa shape index (κ2) is 3.90. The molecule has 0 spiro atoms. The van der Waals surface area contributed by atoms with E-state index in [1.54, 1.807) is 20.4 Å². The summed E-state index contributed by atoms with van der Waals surface area (Å²) in [6.07, 6.45) is 1.80. The highest BCUT2D eigenvalue weighted by molar-refractivity contribution is 7.71. The smallest absolute Gasteiger partial charge is 0.143 e. The summed E-state index contributed by atoms with van der Waals surface area (Å²) in [7, 11) is 3.26. The Bertz CT molecular complexity index is 548. The van der Waals surface area contributed by atoms with Crippen LogP contribution >= 0.6 is 12.2 Å². The first-order chi connectivity index (χ1) is 7.27. The summed E-state index contributed by atoms with van der Waals surface area (Å²) in [5.74, 6) is 1.52. The number of hydrogen-bond donors (Lipinski definition) is 1. The number of methoxy groups -OCH3 is 2. The van der Waals surface area contributed by atoms with Gasteiger partial charge in [-0.3, -0.25) is 0 Å². The van der Waals surface area contributed by atoms with E-state index in [-0.39, 0.29) is 0 Å². The molecule has 0 radical (unpaired) electrons. The molecule has 15 heavy (non-hydrogen) atoms. The summed E-state index contributed by atoms with van der Waals surface area (Å²) in [6.45, 7) is 0. The summed E-state index contributed by atoms with van der Waals surface area (Å²) in [5.41, 5.74) is 0.865. The minimum Gasteiger partial charge on any atom is -0.496 e. The van der Waals surface area contributed by atoms with Crippen LogP contribution in [-0.2, 0) is 0 Å². The number of aromatic amines is 1. The molecule has 1 aromatic heterocycles. The van der Waals surface area contributed by atoms with Crippen LogP contribution in [0.25, 0.3) is 10.9 Å². The van der Waals surface area contributed by atoms with E-state index >= 15 is 0 Å². The molecule has 2 rings (SSSR count). The summed E-state index contributed by atoms with van der Waals surface area (Å²) in [4.78, 5) is 3.11. The molecule has 4 heteroatoms. The Kier molecular flexibility index (Phi) is 2.60. The maximum atomic E-state index is 5.27. The lowest BCUT2D eigenvalue weighted by Crippen LogP contribution is -1.91. The predicted octanol–water partition coefficient (Wildman–Crippen LogP) is 2.91. The number of aromatic nitrogens is 1. The highest BCUT2D eigenvalue weighted by Crippen LogP contribution is 2.31. The average molecular weight is 221 g/mol. The van der Waals surface area contributed by atoms with Crippen LogP contribution in [0.3, 0.4) is 0 Å². The van der Waals surface area contributed by atoms with Crippen LogP contribution in [0.1, 0.15) is 0 Å². The van der Waals surface area contributed by atoms with Crippen LogP contribution in [0.15, 0.2) is 24.4 Å². The summed E-state index contributed by atoms with van der Waals surface area (Å²) >= 11 is 5.26. The molecule has 0 unspecified atom stereocenters. The van der Waals surface area contributed by atoms with Gasteiger partial charge in [-0.05, 0) is 18.2 Å². The number of pyridine rings is 1. The number of ether oxygens (including phenoxy) is 2. The molecule has 0 amide bonds. The van der Waals surface area contributed by atoms with Gasteiger partial charge in [-0.1, -0.05) is 12.2 Å². The molecule has 1 heterocycles. The van der Waals surface area contributed by atoms with Crippen LogP contribution in [0.5, 0.6) is 11.5 Å². The second-order valence-electron chi connectivity index (χ2n) is 3.06. The van der Waals surface area contributed by atoms with E-state index in [4.69, 9.17) is 21.7 Å². The van der Waals surface area contributed by atoms with Gasteiger partial charge in [-0.2, -0.15) is 0 Å².